The summed E-state index contributed by atoms with van der Waals surface area (Å²) in [4.78, 5) is 46.1. The van der Waals surface area contributed by atoms with Gasteiger partial charge in [-0.25, -0.2) is 9.59 Å². The Morgan fingerprint density at radius 1 is 0.351 bits per heavy atom. The molecule has 0 aliphatic rings. The monoisotopic (exact) mass is 1180 g/mol. The molecule has 0 saturated heterocycles. The Labute approximate surface area is 490 Å². The minimum Gasteiger partial charge on any atom is -0.545 e. The molecule has 0 bridgehead atoms. The summed E-state index contributed by atoms with van der Waals surface area (Å²) < 4.78 is 10.4. The van der Waals surface area contributed by atoms with Crippen LogP contribution in [0.5, 0.6) is 0 Å². The largest absolute Gasteiger partial charge is 2.00 e. The summed E-state index contributed by atoms with van der Waals surface area (Å²) in [5, 5.41) is 22.1. The van der Waals surface area contributed by atoms with E-state index in [4.69, 9.17) is 9.47 Å². The molecule has 0 aliphatic carbocycles. The molecule has 0 unspecified atom stereocenters. The predicted molar refractivity (Wildman–Crippen MR) is 324 cm³/mol. The molecule has 0 heterocycles. The maximum absolute atomic E-state index is 12.0. The number of unbranched alkanes of at least 4 members (excludes halogenated alkanes) is 34. The molecule has 2 aromatic carbocycles. The van der Waals surface area contributed by atoms with Gasteiger partial charge in [-0.05, 0) is 76.3 Å². The molecule has 0 amide bonds. The number of carboxylic acid groups (broad SMARTS) is 2. The zero-order valence-electron chi connectivity index (χ0n) is 49.8. The third kappa shape index (κ3) is 53.0. The number of carbonyl (C=O) groups excluding carboxylic acids is 4. The molecule has 2 rings (SSSR count). The van der Waals surface area contributed by atoms with E-state index in [1.54, 1.807) is 24.3 Å². The number of esters is 2. The zero-order valence-corrected chi connectivity index (χ0v) is 52.7. The minimum atomic E-state index is -1.36. The van der Waals surface area contributed by atoms with Gasteiger partial charge in [0, 0.05) is 11.1 Å². The second-order valence-electron chi connectivity index (χ2n) is 20.3. The van der Waals surface area contributed by atoms with Gasteiger partial charge in [-0.15, -0.1) is 0 Å². The van der Waals surface area contributed by atoms with E-state index in [9.17, 15) is 29.4 Å². The Morgan fingerprint density at radius 3 is 0.831 bits per heavy atom. The Kier molecular flexibility index (Phi) is 64.1. The van der Waals surface area contributed by atoms with E-state index in [0.29, 0.717) is 13.2 Å². The van der Waals surface area contributed by atoms with Crippen molar-refractivity contribution in [3.8, 4) is 0 Å². The molecule has 0 spiro atoms. The van der Waals surface area contributed by atoms with Crippen molar-refractivity contribution < 1.29 is 38.9 Å². The third-order valence-electron chi connectivity index (χ3n) is 13.2. The molecule has 8 nitrogen and oxygen atoms in total. The topological polar surface area (TPSA) is 133 Å². The fraction of sp³-hybridized carbons (Fsp3) is 0.676. The van der Waals surface area contributed by atoms with Gasteiger partial charge in [0.05, 0.1) is 36.3 Å². The summed E-state index contributed by atoms with van der Waals surface area (Å²) in [5.74, 6) is -3.91. The smallest absolute Gasteiger partial charge is 0.545 e. The van der Waals surface area contributed by atoms with Gasteiger partial charge in [0.25, 0.3) is 0 Å². The van der Waals surface area contributed by atoms with Gasteiger partial charge >= 0.3 is 35.8 Å². The van der Waals surface area contributed by atoms with Crippen LogP contribution >= 0.6 is 0 Å². The number of aromatic carboxylic acids is 2. The molecule has 436 valence electrons. The molecule has 2 aromatic rings. The average molecular weight is 1180 g/mol. The van der Waals surface area contributed by atoms with Crippen molar-refractivity contribution >= 4 is 47.8 Å². The van der Waals surface area contributed by atoms with Crippen LogP contribution in [0.2, 0.25) is 0 Å². The summed E-state index contributed by atoms with van der Waals surface area (Å²) in [6.07, 6.45) is 59.6. The molecule has 4 radical (unpaired) electrons. The van der Waals surface area contributed by atoms with E-state index in [1.807, 2.05) is 0 Å². The number of hydrogen-bond acceptors (Lipinski definition) is 8. The first-order valence-corrected chi connectivity index (χ1v) is 31.0. The van der Waals surface area contributed by atoms with Crippen molar-refractivity contribution in [2.45, 2.75) is 285 Å². The van der Waals surface area contributed by atoms with E-state index in [1.165, 1.54) is 230 Å². The Hall–Kier alpha value is -3.40. The Balaban J connectivity index is -0.00000109. The van der Waals surface area contributed by atoms with E-state index < -0.39 is 23.9 Å². The van der Waals surface area contributed by atoms with E-state index in [-0.39, 0.29) is 46.2 Å². The van der Waals surface area contributed by atoms with Gasteiger partial charge in [0.1, 0.15) is 0 Å². The van der Waals surface area contributed by atoms with E-state index in [2.05, 4.69) is 65.8 Å². The Morgan fingerprint density at radius 2 is 0.571 bits per heavy atom. The number of carboxylic acids is 2. The first kappa shape index (κ1) is 77.8. The summed E-state index contributed by atoms with van der Waals surface area (Å²) in [5.41, 5.74) is -0.123. The van der Waals surface area contributed by atoms with Crippen LogP contribution in [0.1, 0.15) is 326 Å². The average Bonchev–Trinajstić information content (AvgIpc) is 3.43. The standard InChI is InChI=1S/2C26H40O4.2C8H17.Sn/c2*1-2-3-4-5-6-7-8-9-10-11-12-13-14-15-16-19-22-30-26(29)24-21-18-17-20-23(24)25(27)28;2*1-3-5-7-8-6-4-2;/h2*7-8,17-18,20-21H,2-6,9-16,19,22H2,1H3,(H,27,28);2*1,3-8H2,2H3;/q;;;;+2/p-2/b2*8-7+;;;. The predicted octanol–water partition coefficient (Wildman–Crippen LogP) is 18.5. The first-order chi connectivity index (χ1) is 37.2. The molecule has 0 aromatic heterocycles. The van der Waals surface area contributed by atoms with Crippen LogP contribution in [-0.2, 0) is 9.47 Å². The van der Waals surface area contributed by atoms with Crippen LogP contribution in [0, 0.1) is 13.8 Å². The number of rotatable bonds is 46. The second-order valence-corrected chi connectivity index (χ2v) is 20.3. The Bertz CT molecular complexity index is 1540. The third-order valence-corrected chi connectivity index (χ3v) is 13.2. The number of ether oxygens (including phenoxy) is 2. The van der Waals surface area contributed by atoms with Gasteiger partial charge < -0.3 is 29.3 Å². The molecule has 0 aliphatic heterocycles. The first-order valence-electron chi connectivity index (χ1n) is 31.0. The van der Waals surface area contributed by atoms with Crippen molar-refractivity contribution in [1.82, 2.24) is 0 Å². The van der Waals surface area contributed by atoms with E-state index in [0.717, 1.165) is 51.4 Å². The van der Waals surface area contributed by atoms with Gasteiger partial charge in [-0.1, -0.05) is 295 Å². The second kappa shape index (κ2) is 63.4. The quantitative estimate of drug-likeness (QED) is 0.0277. The number of benzene rings is 2. The van der Waals surface area contributed by atoms with Crippen molar-refractivity contribution in [1.29, 1.82) is 0 Å². The van der Waals surface area contributed by atoms with Crippen molar-refractivity contribution in [3.63, 3.8) is 0 Å². The summed E-state index contributed by atoms with van der Waals surface area (Å²) in [7, 11) is 0. The number of allylic oxidation sites excluding steroid dienone is 4. The molecular formula is C68H112O8Sn. The molecule has 0 N–H and O–H groups in total. The molecule has 0 fully saturated rings. The number of hydrogen-bond donors (Lipinski definition) is 0. The zero-order chi connectivity index (χ0) is 56.2. The van der Waals surface area contributed by atoms with Crippen LogP contribution in [0.4, 0.5) is 0 Å². The van der Waals surface area contributed by atoms with Gasteiger partial charge in [0.15, 0.2) is 0 Å². The maximum Gasteiger partial charge on any atom is 2.00 e. The maximum atomic E-state index is 12.0. The van der Waals surface area contributed by atoms with Crippen molar-refractivity contribution in [3.05, 3.63) is 109 Å². The van der Waals surface area contributed by atoms with Crippen molar-refractivity contribution in [2.75, 3.05) is 13.2 Å². The fourth-order valence-electron chi connectivity index (χ4n) is 8.42. The van der Waals surface area contributed by atoms with E-state index >= 15 is 0 Å². The van der Waals surface area contributed by atoms with Gasteiger partial charge in [0.2, 0.25) is 0 Å². The molecule has 0 atom stereocenters. The van der Waals surface area contributed by atoms with Crippen LogP contribution < -0.4 is 10.2 Å². The summed E-state index contributed by atoms with van der Waals surface area (Å²) >= 11 is 0. The molecule has 77 heavy (non-hydrogen) atoms. The SMILES string of the molecule is CCCCCC/C=C/CCCCCCCCCCOC(=O)c1ccccc1C(=O)[O-].CCCCCC/C=C/CCCCCCCCCCOC(=O)c1ccccc1C(=O)[O-].[CH2]CCCCCCC.[CH2]CCCCCCC.[Sn+2]. The summed E-state index contributed by atoms with van der Waals surface area (Å²) in [6.45, 7) is 17.2. The normalized spacial score (nSPS) is 10.7. The minimum absolute atomic E-state index is 0. The molecule has 9 heteroatoms. The number of carbonyl (C=O) groups is 4. The van der Waals surface area contributed by atoms with Crippen LogP contribution in [0.25, 0.3) is 0 Å². The van der Waals surface area contributed by atoms with Crippen molar-refractivity contribution in [2.24, 2.45) is 0 Å². The van der Waals surface area contributed by atoms with Gasteiger partial charge in [-0.3, -0.25) is 0 Å². The summed E-state index contributed by atoms with van der Waals surface area (Å²) in [6, 6.07) is 12.0. The van der Waals surface area contributed by atoms with Crippen LogP contribution in [-0.4, -0.2) is 61.0 Å². The van der Waals surface area contributed by atoms with Crippen LogP contribution in [0.3, 0.4) is 0 Å². The molecule has 0 saturated carbocycles. The fourth-order valence-corrected chi connectivity index (χ4v) is 8.42. The van der Waals surface area contributed by atoms with Crippen LogP contribution in [0.15, 0.2) is 72.8 Å². The molecular weight excluding hydrogens is 1060 g/mol. The van der Waals surface area contributed by atoms with Gasteiger partial charge in [-0.2, -0.15) is 0 Å².